The van der Waals surface area contributed by atoms with Crippen LogP contribution in [0.25, 0.3) is 0 Å². The Bertz CT molecular complexity index is 1350. The van der Waals surface area contributed by atoms with Gasteiger partial charge >= 0.3 is 0 Å². The second-order valence-corrected chi connectivity index (χ2v) is 8.93. The number of pyridine rings is 1. The first kappa shape index (κ1) is 29.6. The van der Waals surface area contributed by atoms with Gasteiger partial charge in [-0.1, -0.05) is 12.1 Å². The number of ketones is 1. The van der Waals surface area contributed by atoms with Gasteiger partial charge in [0.05, 0.1) is 24.0 Å². The van der Waals surface area contributed by atoms with Crippen molar-refractivity contribution in [2.24, 2.45) is 0 Å². The molecule has 14 heteroatoms. The highest BCUT2D eigenvalue weighted by atomic mass is 16.3. The minimum Gasteiger partial charge on any atom is -0.387 e. The van der Waals surface area contributed by atoms with E-state index in [0.29, 0.717) is 6.29 Å². The highest BCUT2D eigenvalue weighted by molar-refractivity contribution is 6.11. The molecule has 1 aromatic carbocycles. The fourth-order valence-electron chi connectivity index (χ4n) is 4.08. The van der Waals surface area contributed by atoms with Crippen LogP contribution in [-0.4, -0.2) is 83.5 Å². The van der Waals surface area contributed by atoms with Gasteiger partial charge in [0.15, 0.2) is 0 Å². The van der Waals surface area contributed by atoms with Crippen LogP contribution in [0.5, 0.6) is 0 Å². The number of hydrogen-bond donors (Lipinski definition) is 4. The number of benzene rings is 1. The topological polar surface area (TPSA) is 195 Å². The van der Waals surface area contributed by atoms with Gasteiger partial charge in [0, 0.05) is 25.1 Å². The molecular weight excluding hydrogens is 524 g/mol. The van der Waals surface area contributed by atoms with Gasteiger partial charge in [0.2, 0.25) is 11.8 Å². The molecule has 5 amide bonds. The van der Waals surface area contributed by atoms with E-state index in [9.17, 15) is 38.7 Å². The molecule has 210 valence electrons. The van der Waals surface area contributed by atoms with E-state index >= 15 is 0 Å². The number of amides is 5. The van der Waals surface area contributed by atoms with E-state index < -0.39 is 54.8 Å². The van der Waals surface area contributed by atoms with Crippen LogP contribution in [0.15, 0.2) is 42.6 Å². The van der Waals surface area contributed by atoms with E-state index in [1.807, 2.05) is 0 Å². The molecule has 0 radical (unpaired) electrons. The summed E-state index contributed by atoms with van der Waals surface area (Å²) in [7, 11) is 0. The molecule has 1 aromatic heterocycles. The zero-order chi connectivity index (χ0) is 29.4. The zero-order valence-corrected chi connectivity index (χ0v) is 21.7. The van der Waals surface area contributed by atoms with Gasteiger partial charge in [0.25, 0.3) is 17.7 Å². The number of nitrogens with one attached hydrogen (secondary N) is 3. The summed E-state index contributed by atoms with van der Waals surface area (Å²) in [6, 6.07) is 6.33. The van der Waals surface area contributed by atoms with Gasteiger partial charge in [0.1, 0.15) is 37.1 Å². The van der Waals surface area contributed by atoms with E-state index in [1.165, 1.54) is 44.3 Å². The Morgan fingerprint density at radius 2 is 1.82 bits per heavy atom. The molecule has 2 atom stereocenters. The van der Waals surface area contributed by atoms with Crippen LogP contribution in [0.3, 0.4) is 0 Å². The molecule has 0 bridgehead atoms. The lowest BCUT2D eigenvalue weighted by atomic mass is 10.1. The van der Waals surface area contributed by atoms with Gasteiger partial charge in [-0.15, -0.1) is 0 Å². The fraction of sp³-hybridized carbons (Fsp3) is 0.308. The molecule has 0 saturated heterocycles. The Morgan fingerprint density at radius 1 is 1.12 bits per heavy atom. The molecular formula is C26H28N6O8. The Labute approximate surface area is 228 Å². The highest BCUT2D eigenvalue weighted by Gasteiger charge is 2.37. The van der Waals surface area contributed by atoms with E-state index in [1.54, 1.807) is 12.1 Å². The molecule has 4 N–H and O–H groups in total. The second-order valence-electron chi connectivity index (χ2n) is 8.93. The van der Waals surface area contributed by atoms with Crippen LogP contribution in [0, 0.1) is 0 Å². The molecule has 2 aromatic rings. The fourth-order valence-corrected chi connectivity index (χ4v) is 4.08. The summed E-state index contributed by atoms with van der Waals surface area (Å²) in [5, 5.41) is 17.0. The number of hydrogen-bond acceptors (Lipinski definition) is 9. The van der Waals surface area contributed by atoms with E-state index in [2.05, 4.69) is 20.9 Å². The summed E-state index contributed by atoms with van der Waals surface area (Å²) < 4.78 is 0. The Balaban J connectivity index is 1.95. The average molecular weight is 553 g/mol. The van der Waals surface area contributed by atoms with Crippen LogP contribution >= 0.6 is 0 Å². The first-order valence-corrected chi connectivity index (χ1v) is 12.1. The number of aromatic nitrogens is 1. The second kappa shape index (κ2) is 13.2. The lowest BCUT2D eigenvalue weighted by Crippen LogP contribution is -2.55. The number of anilines is 3. The molecule has 3 rings (SSSR count). The molecule has 1 aliphatic rings. The third-order valence-corrected chi connectivity index (χ3v) is 5.78. The van der Waals surface area contributed by atoms with Gasteiger partial charge in [-0.2, -0.15) is 0 Å². The number of carbonyl (C=O) groups excluding carboxylic acids is 7. The van der Waals surface area contributed by atoms with E-state index in [-0.39, 0.29) is 41.5 Å². The van der Waals surface area contributed by atoms with Crippen molar-refractivity contribution >= 4 is 58.8 Å². The molecule has 14 nitrogen and oxygen atoms in total. The summed E-state index contributed by atoms with van der Waals surface area (Å²) in [6.07, 6.45) is 1.46. The molecule has 0 unspecified atom stereocenters. The number of Topliss-reactive ketones (excluding diaryl/α,β-unsaturated/α-hetero) is 1. The number of aliphatic hydroxyl groups is 1. The van der Waals surface area contributed by atoms with Crippen molar-refractivity contribution in [1.29, 1.82) is 0 Å². The molecule has 0 spiro atoms. The molecule has 40 heavy (non-hydrogen) atoms. The first-order valence-electron chi connectivity index (χ1n) is 12.1. The van der Waals surface area contributed by atoms with Crippen LogP contribution in [0.1, 0.15) is 30.6 Å². The first-order chi connectivity index (χ1) is 19.0. The summed E-state index contributed by atoms with van der Waals surface area (Å²) in [5.41, 5.74) is 0.398. The predicted molar refractivity (Wildman–Crippen MR) is 141 cm³/mol. The Hall–Kier alpha value is -4.98. The third-order valence-electron chi connectivity index (χ3n) is 5.78. The van der Waals surface area contributed by atoms with Gasteiger partial charge in [-0.25, -0.2) is 4.98 Å². The monoisotopic (exact) mass is 552 g/mol. The predicted octanol–water partition coefficient (Wildman–Crippen LogP) is -0.827. The number of para-hydroxylation sites is 2. The Kier molecular flexibility index (Phi) is 9.76. The maximum absolute atomic E-state index is 13.8. The number of aldehydes is 1. The summed E-state index contributed by atoms with van der Waals surface area (Å²) in [6.45, 7) is 0.669. The number of fused-ring (bicyclic) bond motifs is 1. The summed E-state index contributed by atoms with van der Waals surface area (Å²) >= 11 is 0. The van der Waals surface area contributed by atoms with E-state index in [0.717, 1.165) is 9.80 Å². The number of rotatable bonds is 10. The quantitative estimate of drug-likeness (QED) is 0.272. The largest absolute Gasteiger partial charge is 0.387 e. The lowest BCUT2D eigenvalue weighted by molar-refractivity contribution is -0.127. The third kappa shape index (κ3) is 7.32. The zero-order valence-electron chi connectivity index (χ0n) is 21.7. The molecule has 1 aliphatic heterocycles. The average Bonchev–Trinajstić information content (AvgIpc) is 3.02. The number of aliphatic hydroxyl groups excluding tert-OH is 1. The minimum atomic E-state index is -1.38. The van der Waals surface area contributed by atoms with Gasteiger partial charge in [-0.3, -0.25) is 33.7 Å². The SMILES string of the molecule is CC(=O)C[C@@H](C=O)NC(=O)CN1C(=O)[C@@H](NC(=O)c2ccnc(NC(C)=O)c2)CN(C(=O)CO)c2ccccc21. The number of nitrogens with zero attached hydrogens (tertiary/aromatic N) is 3. The molecule has 2 heterocycles. The van der Waals surface area contributed by atoms with Crippen molar-refractivity contribution in [1.82, 2.24) is 15.6 Å². The van der Waals surface area contributed by atoms with Crippen LogP contribution < -0.4 is 25.8 Å². The smallest absolute Gasteiger partial charge is 0.252 e. The molecule has 0 aliphatic carbocycles. The minimum absolute atomic E-state index is 0.0516. The molecule has 0 saturated carbocycles. The standard InChI is InChI=1S/C26H28N6O8/c1-15(35)9-18(13-33)29-23(37)12-32-21-6-4-3-5-20(21)31(24(38)14-34)11-19(26(32)40)30-25(39)17-7-8-27-22(10-17)28-16(2)36/h3-8,10,13,18-19,34H,9,11-12,14H2,1-2H3,(H,29,37)(H,30,39)(H,27,28,36)/t18-,19-/m0/s1. The summed E-state index contributed by atoms with van der Waals surface area (Å²) in [4.78, 5) is 92.6. The highest BCUT2D eigenvalue weighted by Crippen LogP contribution is 2.33. The number of carbonyl (C=O) groups is 7. The Morgan fingerprint density at radius 3 is 2.45 bits per heavy atom. The van der Waals surface area contributed by atoms with Crippen LogP contribution in [0.4, 0.5) is 17.2 Å². The summed E-state index contributed by atoms with van der Waals surface area (Å²) in [5.74, 6) is -3.64. The van der Waals surface area contributed by atoms with Crippen molar-refractivity contribution < 1.29 is 38.7 Å². The van der Waals surface area contributed by atoms with Crippen molar-refractivity contribution in [3.8, 4) is 0 Å². The normalized spacial score (nSPS) is 15.3. The van der Waals surface area contributed by atoms with Crippen molar-refractivity contribution in [2.45, 2.75) is 32.4 Å². The van der Waals surface area contributed by atoms with Crippen LogP contribution in [-0.2, 0) is 28.8 Å². The van der Waals surface area contributed by atoms with Gasteiger partial charge in [-0.05, 0) is 31.2 Å². The van der Waals surface area contributed by atoms with Crippen molar-refractivity contribution in [2.75, 3.05) is 34.8 Å². The van der Waals surface area contributed by atoms with Crippen molar-refractivity contribution in [3.63, 3.8) is 0 Å². The van der Waals surface area contributed by atoms with E-state index in [4.69, 9.17) is 0 Å². The van der Waals surface area contributed by atoms with Gasteiger partial charge < -0.3 is 30.8 Å². The van der Waals surface area contributed by atoms with Crippen molar-refractivity contribution in [3.05, 3.63) is 48.2 Å². The lowest BCUT2D eigenvalue weighted by Gasteiger charge is -2.25. The maximum atomic E-state index is 13.8. The molecule has 0 fully saturated rings. The van der Waals surface area contributed by atoms with Crippen LogP contribution in [0.2, 0.25) is 0 Å². The maximum Gasteiger partial charge on any atom is 0.252 e.